The van der Waals surface area contributed by atoms with Crippen LogP contribution in [0.1, 0.15) is 13.8 Å². The lowest BCUT2D eigenvalue weighted by atomic mass is 10.1. The molecule has 0 aromatic carbocycles. The summed E-state index contributed by atoms with van der Waals surface area (Å²) in [6.45, 7) is 3.60. The minimum atomic E-state index is -0.695. The van der Waals surface area contributed by atoms with Crippen LogP contribution in [0.4, 0.5) is 0 Å². The maximum Gasteiger partial charge on any atom is 0.164 e. The Hall–Kier alpha value is 0.190. The minimum Gasteiger partial charge on any atom is -0.389 e. The Bertz CT molecular complexity index is 201. The van der Waals surface area contributed by atoms with Crippen molar-refractivity contribution in [3.63, 3.8) is 0 Å². The highest BCUT2D eigenvalue weighted by Gasteiger charge is 2.49. The Balaban J connectivity index is 2.16. The van der Waals surface area contributed by atoms with Gasteiger partial charge in [-0.15, -0.1) is 0 Å². The van der Waals surface area contributed by atoms with E-state index in [4.69, 9.17) is 9.47 Å². The topological polar surface area (TPSA) is 58.9 Å². The summed E-state index contributed by atoms with van der Waals surface area (Å²) >= 11 is 1.53. The van der Waals surface area contributed by atoms with E-state index in [0.29, 0.717) is 11.5 Å². The van der Waals surface area contributed by atoms with Gasteiger partial charge in [-0.05, 0) is 13.8 Å². The van der Waals surface area contributed by atoms with Gasteiger partial charge in [0.05, 0.1) is 12.2 Å². The Morgan fingerprint density at radius 2 is 1.50 bits per heavy atom. The maximum atomic E-state index is 9.77. The van der Waals surface area contributed by atoms with Crippen LogP contribution in [-0.4, -0.2) is 51.9 Å². The van der Waals surface area contributed by atoms with Gasteiger partial charge in [-0.1, -0.05) is 0 Å². The van der Waals surface area contributed by atoms with Crippen molar-refractivity contribution in [2.75, 3.05) is 11.5 Å². The summed E-state index contributed by atoms with van der Waals surface area (Å²) in [6, 6.07) is 0. The first-order valence-corrected chi connectivity index (χ1v) is 5.94. The molecule has 82 valence electrons. The molecule has 0 spiro atoms. The lowest BCUT2D eigenvalue weighted by Gasteiger charge is -2.20. The first-order chi connectivity index (χ1) is 6.49. The van der Waals surface area contributed by atoms with Gasteiger partial charge in [0.25, 0.3) is 0 Å². The van der Waals surface area contributed by atoms with Crippen molar-refractivity contribution in [3.8, 4) is 0 Å². The van der Waals surface area contributed by atoms with Gasteiger partial charge < -0.3 is 19.7 Å². The van der Waals surface area contributed by atoms with Crippen molar-refractivity contribution in [2.45, 2.75) is 44.1 Å². The standard InChI is InChI=1S/C9H16O4S/c1-9(2)12-7-5(10)3-14-4-6(11)8(7)13-9/h5-8,10-11H,3-4H2,1-2H3/t5-,6-,7-,8+/m0/s1. The van der Waals surface area contributed by atoms with Gasteiger partial charge in [0, 0.05) is 11.5 Å². The summed E-state index contributed by atoms with van der Waals surface area (Å²) < 4.78 is 11.1. The fourth-order valence-corrected chi connectivity index (χ4v) is 2.91. The fraction of sp³-hybridized carbons (Fsp3) is 1.00. The van der Waals surface area contributed by atoms with E-state index in [-0.39, 0.29) is 0 Å². The molecule has 2 rings (SSSR count). The molecule has 0 bridgehead atoms. The van der Waals surface area contributed by atoms with E-state index >= 15 is 0 Å². The molecule has 4 nitrogen and oxygen atoms in total. The van der Waals surface area contributed by atoms with Crippen molar-refractivity contribution >= 4 is 11.8 Å². The molecule has 4 atom stereocenters. The molecule has 2 heterocycles. The van der Waals surface area contributed by atoms with E-state index in [1.807, 2.05) is 0 Å². The van der Waals surface area contributed by atoms with Gasteiger partial charge in [-0.2, -0.15) is 11.8 Å². The second kappa shape index (κ2) is 3.64. The number of thioether (sulfide) groups is 1. The fourth-order valence-electron chi connectivity index (χ4n) is 1.91. The van der Waals surface area contributed by atoms with Crippen LogP contribution in [0.25, 0.3) is 0 Å². The molecule has 14 heavy (non-hydrogen) atoms. The summed E-state index contributed by atoms with van der Waals surface area (Å²) in [6.07, 6.45) is -1.89. The molecule has 2 saturated heterocycles. The second-order valence-electron chi connectivity index (χ2n) is 4.24. The number of hydrogen-bond donors (Lipinski definition) is 2. The number of aliphatic hydroxyl groups excluding tert-OH is 2. The Morgan fingerprint density at radius 1 is 1.07 bits per heavy atom. The number of rotatable bonds is 0. The zero-order chi connectivity index (χ0) is 10.3. The van der Waals surface area contributed by atoms with Crippen molar-refractivity contribution in [3.05, 3.63) is 0 Å². The lowest BCUT2D eigenvalue weighted by molar-refractivity contribution is -0.159. The summed E-state index contributed by atoms with van der Waals surface area (Å²) in [5, 5.41) is 19.5. The number of aliphatic hydroxyl groups is 2. The van der Waals surface area contributed by atoms with E-state index in [9.17, 15) is 10.2 Å². The average Bonchev–Trinajstić information content (AvgIpc) is 2.35. The average molecular weight is 220 g/mol. The molecule has 0 saturated carbocycles. The van der Waals surface area contributed by atoms with Gasteiger partial charge in [0.15, 0.2) is 5.79 Å². The van der Waals surface area contributed by atoms with Crippen LogP contribution in [0, 0.1) is 0 Å². The monoisotopic (exact) mass is 220 g/mol. The Morgan fingerprint density at radius 3 is 1.93 bits per heavy atom. The molecule has 0 radical (unpaired) electrons. The van der Waals surface area contributed by atoms with Crippen LogP contribution in [-0.2, 0) is 9.47 Å². The smallest absolute Gasteiger partial charge is 0.164 e. The van der Waals surface area contributed by atoms with Gasteiger partial charge >= 0.3 is 0 Å². The summed E-state index contributed by atoms with van der Waals surface area (Å²) in [4.78, 5) is 0. The minimum absolute atomic E-state index is 0.394. The molecular formula is C9H16O4S. The highest BCUT2D eigenvalue weighted by molar-refractivity contribution is 7.99. The van der Waals surface area contributed by atoms with E-state index in [1.54, 1.807) is 13.8 Å². The third kappa shape index (κ3) is 1.92. The normalized spacial score (nSPS) is 47.1. The van der Waals surface area contributed by atoms with Gasteiger partial charge in [0.2, 0.25) is 0 Å². The van der Waals surface area contributed by atoms with Crippen LogP contribution in [0.5, 0.6) is 0 Å². The molecule has 0 unspecified atom stereocenters. The van der Waals surface area contributed by atoms with Crippen molar-refractivity contribution in [1.82, 2.24) is 0 Å². The third-order valence-electron chi connectivity index (χ3n) is 2.50. The quantitative estimate of drug-likeness (QED) is 0.600. The zero-order valence-corrected chi connectivity index (χ0v) is 9.16. The molecule has 0 aromatic rings. The van der Waals surface area contributed by atoms with Gasteiger partial charge in [0.1, 0.15) is 12.2 Å². The largest absolute Gasteiger partial charge is 0.389 e. The summed E-state index contributed by atoms with van der Waals surface area (Å²) in [5.41, 5.74) is 0. The number of hydrogen-bond acceptors (Lipinski definition) is 5. The van der Waals surface area contributed by atoms with Gasteiger partial charge in [-0.3, -0.25) is 0 Å². The molecule has 0 aliphatic carbocycles. The number of fused-ring (bicyclic) bond motifs is 1. The molecule has 2 aliphatic heterocycles. The van der Waals surface area contributed by atoms with Crippen molar-refractivity contribution in [2.24, 2.45) is 0 Å². The van der Waals surface area contributed by atoms with Crippen LogP contribution < -0.4 is 0 Å². The van der Waals surface area contributed by atoms with Crippen LogP contribution in [0.2, 0.25) is 0 Å². The molecular weight excluding hydrogens is 204 g/mol. The van der Waals surface area contributed by atoms with Crippen LogP contribution >= 0.6 is 11.8 Å². The Labute approximate surface area is 87.6 Å². The second-order valence-corrected chi connectivity index (χ2v) is 5.31. The van der Waals surface area contributed by atoms with E-state index in [1.165, 1.54) is 11.8 Å². The summed E-state index contributed by atoms with van der Waals surface area (Å²) in [7, 11) is 0. The molecule has 2 fully saturated rings. The molecule has 2 aliphatic rings. The van der Waals surface area contributed by atoms with E-state index < -0.39 is 30.2 Å². The van der Waals surface area contributed by atoms with Gasteiger partial charge in [-0.25, -0.2) is 0 Å². The first kappa shape index (κ1) is 10.7. The Kier molecular flexibility index (Phi) is 2.79. The number of ether oxygens (including phenoxy) is 2. The zero-order valence-electron chi connectivity index (χ0n) is 8.34. The lowest BCUT2D eigenvalue weighted by Crippen LogP contribution is -2.41. The van der Waals surface area contributed by atoms with Crippen molar-refractivity contribution < 1.29 is 19.7 Å². The van der Waals surface area contributed by atoms with Crippen LogP contribution in [0.3, 0.4) is 0 Å². The molecule has 0 aromatic heterocycles. The summed E-state index contributed by atoms with van der Waals surface area (Å²) in [5.74, 6) is 0.495. The predicted molar refractivity (Wildman–Crippen MR) is 53.2 cm³/mol. The third-order valence-corrected chi connectivity index (χ3v) is 3.65. The first-order valence-electron chi connectivity index (χ1n) is 4.79. The SMILES string of the molecule is CC1(C)O[C@@H]2[C@H](O1)[C@@H](O)CSC[C@@H]2O. The van der Waals surface area contributed by atoms with Crippen LogP contribution in [0.15, 0.2) is 0 Å². The highest BCUT2D eigenvalue weighted by atomic mass is 32.2. The van der Waals surface area contributed by atoms with E-state index in [2.05, 4.69) is 0 Å². The molecule has 0 amide bonds. The highest BCUT2D eigenvalue weighted by Crippen LogP contribution is 2.35. The predicted octanol–water partition coefficient (Wildman–Crippen LogP) is -0.0249. The molecule has 2 N–H and O–H groups in total. The van der Waals surface area contributed by atoms with E-state index in [0.717, 1.165) is 0 Å². The maximum absolute atomic E-state index is 9.77. The van der Waals surface area contributed by atoms with Crippen molar-refractivity contribution in [1.29, 1.82) is 0 Å². The molecule has 5 heteroatoms.